The summed E-state index contributed by atoms with van der Waals surface area (Å²) in [5.41, 5.74) is 0.853. The lowest BCUT2D eigenvalue weighted by Gasteiger charge is -2.23. The topological polar surface area (TPSA) is 143 Å². The van der Waals surface area contributed by atoms with Crippen molar-refractivity contribution in [2.75, 3.05) is 20.3 Å². The van der Waals surface area contributed by atoms with Crippen molar-refractivity contribution in [3.05, 3.63) is 53.1 Å². The van der Waals surface area contributed by atoms with Gasteiger partial charge < -0.3 is 30.2 Å². The standard InChI is InChI=1S/C19H24BClN4O6/c1-12-9-13(21)3-4-16(12)31-8-5-17(20(28)29)25-19(27)15(11-30-2)24-18(26)14-10-22-6-7-23-14/h3-4,6-7,9-10,15,17,28-29H,5,8,11H2,1-2H3,(H,24,26)(H,25,27)/t15?,17-/m0/s1. The van der Waals surface area contributed by atoms with Gasteiger partial charge in [-0.25, -0.2) is 4.98 Å². The predicted molar refractivity (Wildman–Crippen MR) is 114 cm³/mol. The molecule has 0 bridgehead atoms. The van der Waals surface area contributed by atoms with Gasteiger partial charge in [0.2, 0.25) is 5.91 Å². The van der Waals surface area contributed by atoms with Crippen LogP contribution in [0.3, 0.4) is 0 Å². The number of benzene rings is 1. The molecule has 0 aliphatic heterocycles. The van der Waals surface area contributed by atoms with Crippen LogP contribution in [-0.4, -0.2) is 71.3 Å². The fourth-order valence-electron chi connectivity index (χ4n) is 2.65. The fraction of sp³-hybridized carbons (Fsp3) is 0.368. The molecule has 0 aliphatic rings. The molecule has 31 heavy (non-hydrogen) atoms. The Morgan fingerprint density at radius 2 is 2.03 bits per heavy atom. The Bertz CT molecular complexity index is 874. The molecule has 2 rings (SSSR count). The van der Waals surface area contributed by atoms with Gasteiger partial charge in [0.15, 0.2) is 0 Å². The Hall–Kier alpha value is -2.73. The molecule has 2 amide bonds. The van der Waals surface area contributed by atoms with Gasteiger partial charge in [-0.1, -0.05) is 11.6 Å². The average Bonchev–Trinajstić information content (AvgIpc) is 2.74. The van der Waals surface area contributed by atoms with Crippen LogP contribution in [0.4, 0.5) is 0 Å². The van der Waals surface area contributed by atoms with Gasteiger partial charge in [0, 0.05) is 30.9 Å². The number of carbonyl (C=O) groups excluding carboxylic acids is 2. The Morgan fingerprint density at radius 1 is 1.26 bits per heavy atom. The van der Waals surface area contributed by atoms with Crippen molar-refractivity contribution in [2.45, 2.75) is 25.3 Å². The third kappa shape index (κ3) is 7.80. The Balaban J connectivity index is 1.95. The first kappa shape index (κ1) is 24.5. The highest BCUT2D eigenvalue weighted by atomic mass is 35.5. The second-order valence-corrected chi connectivity index (χ2v) is 7.08. The SMILES string of the molecule is COCC(NC(=O)c1cnccn1)C(=O)N[C@@H](CCOc1ccc(Cl)cc1C)B(O)O. The summed E-state index contributed by atoms with van der Waals surface area (Å²) in [6, 6.07) is 4.04. The second kappa shape index (κ2) is 12.2. The van der Waals surface area contributed by atoms with Crippen LogP contribution in [0, 0.1) is 6.92 Å². The third-order valence-electron chi connectivity index (χ3n) is 4.26. The lowest BCUT2D eigenvalue weighted by Crippen LogP contribution is -2.55. The lowest BCUT2D eigenvalue weighted by molar-refractivity contribution is -0.124. The number of nitrogens with zero attached hydrogens (tertiary/aromatic N) is 2. The summed E-state index contributed by atoms with van der Waals surface area (Å²) in [5, 5.41) is 24.9. The van der Waals surface area contributed by atoms with Crippen LogP contribution in [0.2, 0.25) is 5.02 Å². The van der Waals surface area contributed by atoms with E-state index in [0.29, 0.717) is 10.8 Å². The number of rotatable bonds is 11. The Morgan fingerprint density at radius 3 is 2.65 bits per heavy atom. The zero-order valence-corrected chi connectivity index (χ0v) is 17.9. The average molecular weight is 451 g/mol. The molecule has 1 aromatic carbocycles. The molecule has 0 spiro atoms. The number of methoxy groups -OCH3 is 1. The maximum absolute atomic E-state index is 12.6. The van der Waals surface area contributed by atoms with E-state index in [2.05, 4.69) is 20.6 Å². The molecule has 0 saturated heterocycles. The van der Waals surface area contributed by atoms with Gasteiger partial charge >= 0.3 is 7.12 Å². The molecule has 0 fully saturated rings. The van der Waals surface area contributed by atoms with Crippen molar-refractivity contribution in [1.29, 1.82) is 0 Å². The van der Waals surface area contributed by atoms with Gasteiger partial charge in [0.05, 0.1) is 25.4 Å². The Labute approximate surface area is 185 Å². The molecule has 0 saturated carbocycles. The van der Waals surface area contributed by atoms with Crippen molar-refractivity contribution < 1.29 is 29.1 Å². The van der Waals surface area contributed by atoms with Crippen molar-refractivity contribution in [3.63, 3.8) is 0 Å². The molecule has 0 radical (unpaired) electrons. The minimum Gasteiger partial charge on any atom is -0.493 e. The summed E-state index contributed by atoms with van der Waals surface area (Å²) in [6.45, 7) is 1.80. The molecule has 1 unspecified atom stereocenters. The quantitative estimate of drug-likeness (QED) is 0.354. The number of aryl methyl sites for hydroxylation is 1. The van der Waals surface area contributed by atoms with Crippen LogP contribution >= 0.6 is 11.6 Å². The smallest absolute Gasteiger partial charge is 0.475 e. The fourth-order valence-corrected chi connectivity index (χ4v) is 2.87. The molecule has 12 heteroatoms. The third-order valence-corrected chi connectivity index (χ3v) is 4.50. The summed E-state index contributed by atoms with van der Waals surface area (Å²) < 4.78 is 10.6. The lowest BCUT2D eigenvalue weighted by atomic mass is 9.77. The maximum Gasteiger partial charge on any atom is 0.475 e. The van der Waals surface area contributed by atoms with E-state index in [-0.39, 0.29) is 25.3 Å². The van der Waals surface area contributed by atoms with Crippen LogP contribution in [0.15, 0.2) is 36.8 Å². The Kier molecular flexibility index (Phi) is 9.66. The van der Waals surface area contributed by atoms with E-state index in [9.17, 15) is 19.6 Å². The normalized spacial score (nSPS) is 12.5. The molecule has 4 N–H and O–H groups in total. The van der Waals surface area contributed by atoms with Crippen molar-refractivity contribution in [3.8, 4) is 5.75 Å². The largest absolute Gasteiger partial charge is 0.493 e. The van der Waals surface area contributed by atoms with Crippen LogP contribution < -0.4 is 15.4 Å². The van der Waals surface area contributed by atoms with Crippen LogP contribution in [-0.2, 0) is 9.53 Å². The molecule has 166 valence electrons. The zero-order chi connectivity index (χ0) is 22.8. The van der Waals surface area contributed by atoms with Crippen molar-refractivity contribution >= 4 is 30.5 Å². The molecule has 10 nitrogen and oxygen atoms in total. The van der Waals surface area contributed by atoms with Gasteiger partial charge in [-0.2, -0.15) is 0 Å². The highest BCUT2D eigenvalue weighted by Gasteiger charge is 2.29. The number of ether oxygens (including phenoxy) is 2. The zero-order valence-electron chi connectivity index (χ0n) is 17.1. The summed E-state index contributed by atoms with van der Waals surface area (Å²) in [7, 11) is -0.465. The van der Waals surface area contributed by atoms with E-state index in [0.717, 1.165) is 5.56 Å². The van der Waals surface area contributed by atoms with E-state index in [1.165, 1.54) is 25.7 Å². The minimum absolute atomic E-state index is 0.0295. The predicted octanol–water partition coefficient (Wildman–Crippen LogP) is 0.149. The number of nitrogens with one attached hydrogen (secondary N) is 2. The number of amides is 2. The summed E-state index contributed by atoms with van der Waals surface area (Å²) >= 11 is 5.91. The summed E-state index contributed by atoms with van der Waals surface area (Å²) in [6.07, 6.45) is 4.12. The maximum atomic E-state index is 12.6. The minimum atomic E-state index is -1.84. The number of carbonyl (C=O) groups is 2. The molecule has 2 atom stereocenters. The highest BCUT2D eigenvalue weighted by molar-refractivity contribution is 6.43. The number of hydrogen-bond donors (Lipinski definition) is 4. The van der Waals surface area contributed by atoms with Crippen LogP contribution in [0.1, 0.15) is 22.5 Å². The van der Waals surface area contributed by atoms with Crippen molar-refractivity contribution in [2.24, 2.45) is 0 Å². The van der Waals surface area contributed by atoms with Gasteiger partial charge in [-0.3, -0.25) is 14.6 Å². The van der Waals surface area contributed by atoms with E-state index in [4.69, 9.17) is 21.1 Å². The van der Waals surface area contributed by atoms with Gasteiger partial charge in [0.25, 0.3) is 5.91 Å². The highest BCUT2D eigenvalue weighted by Crippen LogP contribution is 2.22. The first-order valence-electron chi connectivity index (χ1n) is 9.43. The molecule has 1 aromatic heterocycles. The molecular weight excluding hydrogens is 426 g/mol. The molecule has 0 aliphatic carbocycles. The van der Waals surface area contributed by atoms with E-state index >= 15 is 0 Å². The first-order valence-corrected chi connectivity index (χ1v) is 9.81. The van der Waals surface area contributed by atoms with Crippen LogP contribution in [0.5, 0.6) is 5.75 Å². The number of hydrogen-bond acceptors (Lipinski definition) is 8. The summed E-state index contributed by atoms with van der Waals surface area (Å²) in [5.74, 6) is -1.71. The van der Waals surface area contributed by atoms with Gasteiger partial charge in [0.1, 0.15) is 17.5 Å². The number of halogens is 1. The first-order chi connectivity index (χ1) is 14.8. The second-order valence-electron chi connectivity index (χ2n) is 6.65. The summed E-state index contributed by atoms with van der Waals surface area (Å²) in [4.78, 5) is 32.6. The monoisotopic (exact) mass is 450 g/mol. The van der Waals surface area contributed by atoms with Crippen molar-refractivity contribution in [1.82, 2.24) is 20.6 Å². The number of aromatic nitrogens is 2. The molecule has 2 aromatic rings. The van der Waals surface area contributed by atoms with E-state index < -0.39 is 30.9 Å². The molecule has 1 heterocycles. The van der Waals surface area contributed by atoms with Gasteiger partial charge in [-0.05, 0) is 30.7 Å². The molecular formula is C19H24BClN4O6. The van der Waals surface area contributed by atoms with Crippen LogP contribution in [0.25, 0.3) is 0 Å². The van der Waals surface area contributed by atoms with E-state index in [1.54, 1.807) is 18.2 Å². The van der Waals surface area contributed by atoms with E-state index in [1.807, 2.05) is 6.92 Å². The van der Waals surface area contributed by atoms with Gasteiger partial charge in [-0.15, -0.1) is 0 Å².